The first-order valence-electron chi connectivity index (χ1n) is 9.35. The van der Waals surface area contributed by atoms with Crippen molar-refractivity contribution in [3.63, 3.8) is 0 Å². The molecule has 1 aromatic heterocycles. The molecule has 0 fully saturated rings. The Morgan fingerprint density at radius 1 is 1.07 bits per heavy atom. The predicted octanol–water partition coefficient (Wildman–Crippen LogP) is 4.90. The third kappa shape index (κ3) is 4.25. The summed E-state index contributed by atoms with van der Waals surface area (Å²) in [7, 11) is 1.59. The summed E-state index contributed by atoms with van der Waals surface area (Å²) in [6.07, 6.45) is 0.314. The van der Waals surface area contributed by atoms with Crippen LogP contribution in [0.2, 0.25) is 0 Å². The highest BCUT2D eigenvalue weighted by Gasteiger charge is 2.17. The molecule has 2 aromatic carbocycles. The normalized spacial score (nSPS) is 12.0. The number of para-hydroxylation sites is 1. The van der Waals surface area contributed by atoms with Crippen LogP contribution in [0.15, 0.2) is 46.9 Å². The lowest BCUT2D eigenvalue weighted by atomic mass is 10.0. The Labute approximate surface area is 164 Å². The van der Waals surface area contributed by atoms with Crippen LogP contribution in [0, 0.1) is 13.8 Å². The lowest BCUT2D eigenvalue weighted by Gasteiger charge is -2.11. The number of hydrogen-bond acceptors (Lipinski definition) is 4. The fourth-order valence-corrected chi connectivity index (χ4v) is 3.10. The second-order valence-electron chi connectivity index (χ2n) is 7.04. The molecule has 0 bridgehead atoms. The summed E-state index contributed by atoms with van der Waals surface area (Å²) in [5, 5.41) is 3.81. The van der Waals surface area contributed by atoms with Gasteiger partial charge in [0.2, 0.25) is 5.91 Å². The van der Waals surface area contributed by atoms with Crippen LogP contribution in [-0.4, -0.2) is 18.8 Å². The average Bonchev–Trinajstić information content (AvgIpc) is 3.12. The number of carbonyl (C=O) groups is 2. The standard InChI is InChI=1S/C23H25NO4/c1-14-8-9-17(12-15(14)2)19(25)10-11-22(26)24-16(3)21-13-18-6-5-7-20(27-4)23(18)28-21/h5-9,12-13,16H,10-11H2,1-4H3,(H,24,26). The minimum atomic E-state index is -0.304. The van der Waals surface area contributed by atoms with Gasteiger partial charge in [0.15, 0.2) is 17.1 Å². The third-order valence-electron chi connectivity index (χ3n) is 4.96. The Morgan fingerprint density at radius 2 is 1.86 bits per heavy atom. The van der Waals surface area contributed by atoms with Gasteiger partial charge in [-0.05, 0) is 50.1 Å². The first kappa shape index (κ1) is 19.7. The van der Waals surface area contributed by atoms with Crippen LogP contribution in [0.4, 0.5) is 0 Å². The molecule has 1 unspecified atom stereocenters. The van der Waals surface area contributed by atoms with Crippen LogP contribution in [0.5, 0.6) is 5.75 Å². The molecular formula is C23H25NO4. The van der Waals surface area contributed by atoms with Crippen molar-refractivity contribution in [1.82, 2.24) is 5.32 Å². The van der Waals surface area contributed by atoms with Gasteiger partial charge >= 0.3 is 0 Å². The minimum Gasteiger partial charge on any atom is -0.493 e. The van der Waals surface area contributed by atoms with E-state index in [-0.39, 0.29) is 30.6 Å². The molecule has 0 saturated carbocycles. The molecule has 3 aromatic rings. The van der Waals surface area contributed by atoms with E-state index in [0.717, 1.165) is 16.5 Å². The molecule has 1 amide bonds. The largest absolute Gasteiger partial charge is 0.493 e. The van der Waals surface area contributed by atoms with Gasteiger partial charge in [0.05, 0.1) is 13.2 Å². The first-order chi connectivity index (χ1) is 13.4. The van der Waals surface area contributed by atoms with Crippen molar-refractivity contribution in [1.29, 1.82) is 0 Å². The number of hydrogen-bond donors (Lipinski definition) is 1. The second kappa shape index (κ2) is 8.30. The molecule has 28 heavy (non-hydrogen) atoms. The molecule has 0 radical (unpaired) electrons. The maximum atomic E-state index is 12.3. The van der Waals surface area contributed by atoms with Gasteiger partial charge in [-0.2, -0.15) is 0 Å². The molecule has 0 saturated heterocycles. The smallest absolute Gasteiger partial charge is 0.221 e. The van der Waals surface area contributed by atoms with E-state index < -0.39 is 0 Å². The molecule has 0 spiro atoms. The summed E-state index contributed by atoms with van der Waals surface area (Å²) in [5.74, 6) is 1.09. The van der Waals surface area contributed by atoms with Gasteiger partial charge in [0.25, 0.3) is 0 Å². The summed E-state index contributed by atoms with van der Waals surface area (Å²) in [6.45, 7) is 5.84. The second-order valence-corrected chi connectivity index (χ2v) is 7.04. The van der Waals surface area contributed by atoms with E-state index in [1.54, 1.807) is 7.11 Å². The van der Waals surface area contributed by atoms with Crippen molar-refractivity contribution in [3.05, 3.63) is 64.9 Å². The van der Waals surface area contributed by atoms with E-state index in [0.29, 0.717) is 22.7 Å². The molecule has 0 aliphatic heterocycles. The number of fused-ring (bicyclic) bond motifs is 1. The lowest BCUT2D eigenvalue weighted by Crippen LogP contribution is -2.26. The Kier molecular flexibility index (Phi) is 5.83. The highest BCUT2D eigenvalue weighted by molar-refractivity contribution is 5.98. The summed E-state index contributed by atoms with van der Waals surface area (Å²) < 4.78 is 11.2. The van der Waals surface area contributed by atoms with Crippen LogP contribution >= 0.6 is 0 Å². The van der Waals surface area contributed by atoms with Gasteiger partial charge in [-0.15, -0.1) is 0 Å². The van der Waals surface area contributed by atoms with E-state index >= 15 is 0 Å². The average molecular weight is 379 g/mol. The number of furan rings is 1. The van der Waals surface area contributed by atoms with Crippen LogP contribution in [-0.2, 0) is 4.79 Å². The van der Waals surface area contributed by atoms with E-state index in [9.17, 15) is 9.59 Å². The van der Waals surface area contributed by atoms with Crippen LogP contribution < -0.4 is 10.1 Å². The number of ketones is 1. The Bertz CT molecular complexity index is 1020. The summed E-state index contributed by atoms with van der Waals surface area (Å²) in [6, 6.07) is 12.9. The SMILES string of the molecule is COc1cccc2cc(C(C)NC(=O)CCC(=O)c3ccc(C)c(C)c3)oc12. The molecule has 1 atom stereocenters. The number of aryl methyl sites for hydroxylation is 2. The van der Waals surface area contributed by atoms with Crippen molar-refractivity contribution >= 4 is 22.7 Å². The molecule has 0 aliphatic rings. The zero-order valence-electron chi connectivity index (χ0n) is 16.7. The zero-order valence-corrected chi connectivity index (χ0v) is 16.7. The fraction of sp³-hybridized carbons (Fsp3) is 0.304. The lowest BCUT2D eigenvalue weighted by molar-refractivity contribution is -0.121. The van der Waals surface area contributed by atoms with E-state index in [1.165, 1.54) is 0 Å². The number of Topliss-reactive ketones (excluding diaryl/α,β-unsaturated/α-hetero) is 1. The molecule has 5 nitrogen and oxygen atoms in total. The maximum absolute atomic E-state index is 12.3. The van der Waals surface area contributed by atoms with Gasteiger partial charge in [0.1, 0.15) is 5.76 Å². The highest BCUT2D eigenvalue weighted by atomic mass is 16.5. The van der Waals surface area contributed by atoms with Gasteiger partial charge in [-0.25, -0.2) is 0 Å². The van der Waals surface area contributed by atoms with Crippen LogP contribution in [0.25, 0.3) is 11.0 Å². The van der Waals surface area contributed by atoms with Crippen LogP contribution in [0.1, 0.15) is 53.1 Å². The monoisotopic (exact) mass is 379 g/mol. The number of rotatable bonds is 7. The maximum Gasteiger partial charge on any atom is 0.221 e. The fourth-order valence-electron chi connectivity index (χ4n) is 3.10. The Balaban J connectivity index is 1.60. The number of carbonyl (C=O) groups excluding carboxylic acids is 2. The van der Waals surface area contributed by atoms with Crippen molar-refractivity contribution in [2.45, 2.75) is 39.7 Å². The molecular weight excluding hydrogens is 354 g/mol. The first-order valence-corrected chi connectivity index (χ1v) is 9.35. The van der Waals surface area contributed by atoms with Gasteiger partial charge < -0.3 is 14.5 Å². The highest BCUT2D eigenvalue weighted by Crippen LogP contribution is 2.30. The van der Waals surface area contributed by atoms with Gasteiger partial charge in [0, 0.05) is 23.8 Å². The molecule has 0 aliphatic carbocycles. The molecule has 1 N–H and O–H groups in total. The number of methoxy groups -OCH3 is 1. The Hall–Kier alpha value is -3.08. The quantitative estimate of drug-likeness (QED) is 0.593. The van der Waals surface area contributed by atoms with E-state index in [2.05, 4.69) is 5.32 Å². The molecule has 1 heterocycles. The van der Waals surface area contributed by atoms with Gasteiger partial charge in [-0.3, -0.25) is 9.59 Å². The minimum absolute atomic E-state index is 0.0284. The molecule has 146 valence electrons. The summed E-state index contributed by atoms with van der Waals surface area (Å²) in [4.78, 5) is 24.6. The van der Waals surface area contributed by atoms with E-state index in [1.807, 2.05) is 63.2 Å². The van der Waals surface area contributed by atoms with Crippen LogP contribution in [0.3, 0.4) is 0 Å². The summed E-state index contributed by atoms with van der Waals surface area (Å²) in [5.41, 5.74) is 3.52. The third-order valence-corrected chi connectivity index (χ3v) is 4.96. The van der Waals surface area contributed by atoms with Crippen molar-refractivity contribution in [2.75, 3.05) is 7.11 Å². The molecule has 5 heteroatoms. The van der Waals surface area contributed by atoms with Crippen molar-refractivity contribution < 1.29 is 18.7 Å². The van der Waals surface area contributed by atoms with Gasteiger partial charge in [-0.1, -0.05) is 24.3 Å². The number of benzene rings is 2. The number of ether oxygens (including phenoxy) is 1. The van der Waals surface area contributed by atoms with Crippen molar-refractivity contribution in [2.24, 2.45) is 0 Å². The van der Waals surface area contributed by atoms with E-state index in [4.69, 9.17) is 9.15 Å². The molecule has 3 rings (SSSR count). The van der Waals surface area contributed by atoms with Crippen molar-refractivity contribution in [3.8, 4) is 5.75 Å². The number of amides is 1. The topological polar surface area (TPSA) is 68.5 Å². The summed E-state index contributed by atoms with van der Waals surface area (Å²) >= 11 is 0. The number of nitrogens with one attached hydrogen (secondary N) is 1. The Morgan fingerprint density at radius 3 is 2.57 bits per heavy atom. The predicted molar refractivity (Wildman–Crippen MR) is 109 cm³/mol. The zero-order chi connectivity index (χ0) is 20.3.